The molecule has 0 unspecified atom stereocenters. The van der Waals surface area contributed by atoms with Gasteiger partial charge in [-0.1, -0.05) is 24.3 Å². The number of Topliss-reactive ketones (excluding diaryl/α,β-unsaturated/α-hetero) is 2. The van der Waals surface area contributed by atoms with Gasteiger partial charge in [0.15, 0.2) is 23.4 Å². The summed E-state index contributed by atoms with van der Waals surface area (Å²) in [5.41, 5.74) is 1.48. The largest absolute Gasteiger partial charge is 0.298 e. The minimum Gasteiger partial charge on any atom is -0.298 e. The molecule has 0 aliphatic rings. The monoisotopic (exact) mass is 430 g/mol. The molecule has 0 N–H and O–H groups in total. The first-order valence-corrected chi connectivity index (χ1v) is 10.8. The van der Waals surface area contributed by atoms with E-state index in [1.807, 2.05) is 60.7 Å². The molecule has 4 aromatic rings. The van der Waals surface area contributed by atoms with E-state index < -0.39 is 11.8 Å². The Hall–Kier alpha value is -3.46. The van der Waals surface area contributed by atoms with E-state index in [0.29, 0.717) is 10.0 Å². The number of nitrogens with zero attached hydrogens (tertiary/aromatic N) is 4. The zero-order valence-electron chi connectivity index (χ0n) is 15.6. The number of rotatable bonds is 7. The predicted octanol–water partition coefficient (Wildman–Crippen LogP) is 4.74. The Balaban J connectivity index is 1.46. The van der Waals surface area contributed by atoms with Crippen LogP contribution in [0.3, 0.4) is 0 Å². The molecule has 146 valence electrons. The SMILES string of the molecule is N#C[C@H](C(=O)CCC(=O)[C@@H](C#N)c1nc2ccccc2s1)c1nc2ccccc2s1. The van der Waals surface area contributed by atoms with Gasteiger partial charge < -0.3 is 0 Å². The van der Waals surface area contributed by atoms with Crippen LogP contribution in [-0.4, -0.2) is 21.5 Å². The molecule has 0 bridgehead atoms. The van der Waals surface area contributed by atoms with Crippen LogP contribution in [0.15, 0.2) is 48.5 Å². The molecular formula is C22H14N4O2S2. The Morgan fingerprint density at radius 2 is 1.17 bits per heavy atom. The molecule has 0 saturated carbocycles. The van der Waals surface area contributed by atoms with E-state index in [-0.39, 0.29) is 24.4 Å². The Morgan fingerprint density at radius 3 is 1.53 bits per heavy atom. The summed E-state index contributed by atoms with van der Waals surface area (Å²) >= 11 is 2.61. The van der Waals surface area contributed by atoms with Crippen LogP contribution in [0.5, 0.6) is 0 Å². The summed E-state index contributed by atoms with van der Waals surface area (Å²) in [6.07, 6.45) is -0.230. The molecule has 0 amide bonds. The Kier molecular flexibility index (Phi) is 5.62. The highest BCUT2D eigenvalue weighted by Gasteiger charge is 2.28. The summed E-state index contributed by atoms with van der Waals surface area (Å²) in [4.78, 5) is 34.1. The molecule has 4 rings (SSSR count). The molecular weight excluding hydrogens is 416 g/mol. The van der Waals surface area contributed by atoms with Crippen LogP contribution in [0.1, 0.15) is 34.7 Å². The van der Waals surface area contributed by atoms with Gasteiger partial charge in [0.25, 0.3) is 0 Å². The lowest BCUT2D eigenvalue weighted by Gasteiger charge is -2.07. The highest BCUT2D eigenvalue weighted by Crippen LogP contribution is 2.31. The summed E-state index contributed by atoms with van der Waals surface area (Å²) < 4.78 is 1.80. The molecule has 0 radical (unpaired) electrons. The lowest BCUT2D eigenvalue weighted by atomic mass is 9.97. The number of nitriles is 2. The number of carbonyl (C=O) groups is 2. The number of thiazole rings is 2. The van der Waals surface area contributed by atoms with Crippen molar-refractivity contribution in [3.63, 3.8) is 0 Å². The number of hydrogen-bond donors (Lipinski definition) is 0. The molecule has 0 aliphatic heterocycles. The van der Waals surface area contributed by atoms with Gasteiger partial charge in [0, 0.05) is 12.8 Å². The molecule has 0 saturated heterocycles. The van der Waals surface area contributed by atoms with E-state index in [4.69, 9.17) is 0 Å². The Morgan fingerprint density at radius 1 is 0.767 bits per heavy atom. The quantitative estimate of drug-likeness (QED) is 0.419. The number of ketones is 2. The average Bonchev–Trinajstić information content (AvgIpc) is 3.37. The van der Waals surface area contributed by atoms with E-state index in [1.54, 1.807) is 0 Å². The maximum absolute atomic E-state index is 12.6. The second kappa shape index (κ2) is 8.50. The minimum absolute atomic E-state index is 0.115. The third kappa shape index (κ3) is 3.84. The van der Waals surface area contributed by atoms with Crippen LogP contribution in [-0.2, 0) is 9.59 Å². The second-order valence-electron chi connectivity index (χ2n) is 6.60. The van der Waals surface area contributed by atoms with Gasteiger partial charge >= 0.3 is 0 Å². The molecule has 2 aromatic heterocycles. The first-order valence-electron chi connectivity index (χ1n) is 9.16. The number of benzene rings is 2. The maximum atomic E-state index is 12.6. The van der Waals surface area contributed by atoms with Gasteiger partial charge in [-0.15, -0.1) is 22.7 Å². The molecule has 2 heterocycles. The van der Waals surface area contributed by atoms with E-state index in [9.17, 15) is 20.1 Å². The topological polar surface area (TPSA) is 108 Å². The molecule has 8 heteroatoms. The van der Waals surface area contributed by atoms with Crippen molar-refractivity contribution in [2.24, 2.45) is 0 Å². The van der Waals surface area contributed by atoms with Crippen LogP contribution >= 0.6 is 22.7 Å². The van der Waals surface area contributed by atoms with Crippen molar-refractivity contribution in [2.75, 3.05) is 0 Å². The van der Waals surface area contributed by atoms with Gasteiger partial charge in [-0.25, -0.2) is 9.97 Å². The van der Waals surface area contributed by atoms with Crippen LogP contribution in [0, 0.1) is 22.7 Å². The second-order valence-corrected chi connectivity index (χ2v) is 8.72. The molecule has 0 spiro atoms. The summed E-state index contributed by atoms with van der Waals surface area (Å²) in [5, 5.41) is 19.9. The van der Waals surface area contributed by atoms with Crippen molar-refractivity contribution in [2.45, 2.75) is 24.7 Å². The van der Waals surface area contributed by atoms with E-state index in [1.165, 1.54) is 22.7 Å². The zero-order chi connectivity index (χ0) is 21.1. The number of para-hydroxylation sites is 2. The van der Waals surface area contributed by atoms with Gasteiger partial charge in [-0.05, 0) is 24.3 Å². The number of fused-ring (bicyclic) bond motifs is 2. The first kappa shape index (κ1) is 19.8. The van der Waals surface area contributed by atoms with Crippen molar-refractivity contribution < 1.29 is 9.59 Å². The van der Waals surface area contributed by atoms with Crippen LogP contribution in [0.25, 0.3) is 20.4 Å². The fraction of sp³-hybridized carbons (Fsp3) is 0.182. The van der Waals surface area contributed by atoms with Gasteiger partial charge in [0.1, 0.15) is 10.0 Å². The van der Waals surface area contributed by atoms with Crippen LogP contribution in [0.2, 0.25) is 0 Å². The first-order chi connectivity index (χ1) is 14.6. The van der Waals surface area contributed by atoms with Crippen molar-refractivity contribution in [1.29, 1.82) is 10.5 Å². The average molecular weight is 431 g/mol. The molecule has 0 aliphatic carbocycles. The number of hydrogen-bond acceptors (Lipinski definition) is 8. The third-order valence-corrected chi connectivity index (χ3v) is 6.84. The zero-order valence-corrected chi connectivity index (χ0v) is 17.2. The summed E-state index contributed by atoms with van der Waals surface area (Å²) in [7, 11) is 0. The molecule has 30 heavy (non-hydrogen) atoms. The molecule has 2 aromatic carbocycles. The summed E-state index contributed by atoms with van der Waals surface area (Å²) in [5.74, 6) is -2.77. The number of aromatic nitrogens is 2. The lowest BCUT2D eigenvalue weighted by Crippen LogP contribution is -2.16. The van der Waals surface area contributed by atoms with Gasteiger partial charge in [0.2, 0.25) is 0 Å². The fourth-order valence-corrected chi connectivity index (χ4v) is 5.16. The highest BCUT2D eigenvalue weighted by atomic mass is 32.1. The van der Waals surface area contributed by atoms with E-state index in [2.05, 4.69) is 9.97 Å². The Bertz CT molecular complexity index is 1170. The lowest BCUT2D eigenvalue weighted by molar-refractivity contribution is -0.124. The van der Waals surface area contributed by atoms with Crippen LogP contribution in [0.4, 0.5) is 0 Å². The smallest absolute Gasteiger partial charge is 0.157 e. The number of carbonyl (C=O) groups excluding carboxylic acids is 2. The van der Waals surface area contributed by atoms with Gasteiger partial charge in [-0.3, -0.25) is 9.59 Å². The van der Waals surface area contributed by atoms with E-state index in [0.717, 1.165) is 20.4 Å². The third-order valence-electron chi connectivity index (χ3n) is 4.63. The molecule has 0 fully saturated rings. The maximum Gasteiger partial charge on any atom is 0.157 e. The standard InChI is InChI=1S/C22H14N4O2S2/c23-11-13(21-25-15-5-1-3-7-19(15)29-21)17(27)9-10-18(28)14(12-24)22-26-16-6-2-4-8-20(16)30-22/h1-8,13-14H,9-10H2/t13-,14-/m1/s1. The van der Waals surface area contributed by atoms with Gasteiger partial charge in [-0.2, -0.15) is 10.5 Å². The van der Waals surface area contributed by atoms with Crippen molar-refractivity contribution in [1.82, 2.24) is 9.97 Å². The Labute approximate surface area is 180 Å². The fourth-order valence-electron chi connectivity index (χ4n) is 3.09. The van der Waals surface area contributed by atoms with Crippen LogP contribution < -0.4 is 0 Å². The molecule has 2 atom stereocenters. The highest BCUT2D eigenvalue weighted by molar-refractivity contribution is 7.19. The van der Waals surface area contributed by atoms with E-state index >= 15 is 0 Å². The van der Waals surface area contributed by atoms with Gasteiger partial charge in [0.05, 0.1) is 32.6 Å². The normalized spacial score (nSPS) is 12.9. The summed E-state index contributed by atoms with van der Waals surface area (Å²) in [6, 6.07) is 18.9. The summed E-state index contributed by atoms with van der Waals surface area (Å²) in [6.45, 7) is 0. The van der Waals surface area contributed by atoms with Crippen molar-refractivity contribution in [3.05, 3.63) is 58.5 Å². The van der Waals surface area contributed by atoms with Crippen molar-refractivity contribution in [3.8, 4) is 12.1 Å². The minimum atomic E-state index is -1.02. The van der Waals surface area contributed by atoms with Crippen molar-refractivity contribution >= 4 is 54.7 Å². The molecule has 6 nitrogen and oxygen atoms in total. The predicted molar refractivity (Wildman–Crippen MR) is 115 cm³/mol.